The second-order valence-corrected chi connectivity index (χ2v) is 7.39. The Morgan fingerprint density at radius 1 is 1.11 bits per heavy atom. The molecule has 0 saturated carbocycles. The molecule has 4 nitrogen and oxygen atoms in total. The zero-order chi connectivity index (χ0) is 19.2. The van der Waals surface area contributed by atoms with Crippen LogP contribution in [0.4, 0.5) is 4.39 Å². The highest BCUT2D eigenvalue weighted by molar-refractivity contribution is 7.99. The van der Waals surface area contributed by atoms with Crippen LogP contribution < -0.4 is 5.32 Å². The van der Waals surface area contributed by atoms with Crippen LogP contribution >= 0.6 is 11.8 Å². The summed E-state index contributed by atoms with van der Waals surface area (Å²) >= 11 is 1.54. The molecule has 0 radical (unpaired) electrons. The molecule has 3 aromatic rings. The number of aryl methyl sites for hydroxylation is 1. The second-order valence-electron chi connectivity index (χ2n) is 6.23. The average Bonchev–Trinajstić information content (AvgIpc) is 2.96. The number of aromatic nitrogens is 2. The van der Waals surface area contributed by atoms with Gasteiger partial charge in [-0.15, -0.1) is 11.8 Å². The standard InChI is InChI=1S/C21H22FN3OS/c1-15-20(16(2)25(24-15)18-6-4-3-5-7-18)14-23-21(26)12-13-27-19-10-8-17(22)9-11-19/h3-11H,12-14H2,1-2H3,(H,23,26). The summed E-state index contributed by atoms with van der Waals surface area (Å²) in [5, 5.41) is 7.57. The van der Waals surface area contributed by atoms with Gasteiger partial charge in [0.1, 0.15) is 5.82 Å². The van der Waals surface area contributed by atoms with Gasteiger partial charge in [-0.2, -0.15) is 5.10 Å². The minimum atomic E-state index is -0.251. The van der Waals surface area contributed by atoms with Gasteiger partial charge < -0.3 is 5.32 Å². The van der Waals surface area contributed by atoms with Crippen molar-refractivity contribution in [2.75, 3.05) is 5.75 Å². The Morgan fingerprint density at radius 3 is 2.52 bits per heavy atom. The lowest BCUT2D eigenvalue weighted by atomic mass is 10.2. The molecule has 3 rings (SSSR count). The zero-order valence-corrected chi connectivity index (χ0v) is 16.2. The Bertz CT molecular complexity index is 907. The summed E-state index contributed by atoms with van der Waals surface area (Å²) in [6.07, 6.45) is 0.410. The molecule has 0 unspecified atom stereocenters. The Balaban J connectivity index is 1.53. The molecule has 0 aliphatic rings. The fourth-order valence-corrected chi connectivity index (χ4v) is 3.67. The zero-order valence-electron chi connectivity index (χ0n) is 15.4. The molecule has 140 valence electrons. The van der Waals surface area contributed by atoms with Crippen molar-refractivity contribution in [3.8, 4) is 5.69 Å². The first kappa shape index (κ1) is 19.2. The number of hydrogen-bond donors (Lipinski definition) is 1. The lowest BCUT2D eigenvalue weighted by molar-refractivity contribution is -0.120. The van der Waals surface area contributed by atoms with Crippen LogP contribution in [0.3, 0.4) is 0 Å². The number of carbonyl (C=O) groups excluding carboxylic acids is 1. The number of halogens is 1. The van der Waals surface area contributed by atoms with Gasteiger partial charge in [-0.1, -0.05) is 18.2 Å². The van der Waals surface area contributed by atoms with Crippen molar-refractivity contribution in [1.29, 1.82) is 0 Å². The predicted molar refractivity (Wildman–Crippen MR) is 107 cm³/mol. The molecular formula is C21H22FN3OS. The van der Waals surface area contributed by atoms with Crippen LogP contribution in [-0.2, 0) is 11.3 Å². The van der Waals surface area contributed by atoms with Crippen LogP contribution in [0, 0.1) is 19.7 Å². The van der Waals surface area contributed by atoms with E-state index in [1.54, 1.807) is 23.9 Å². The molecule has 1 heterocycles. The van der Waals surface area contributed by atoms with E-state index in [1.165, 1.54) is 12.1 Å². The smallest absolute Gasteiger partial charge is 0.221 e. The highest BCUT2D eigenvalue weighted by atomic mass is 32.2. The molecule has 0 fully saturated rings. The highest BCUT2D eigenvalue weighted by Crippen LogP contribution is 2.20. The molecule has 6 heteroatoms. The van der Waals surface area contributed by atoms with Gasteiger partial charge in [0.05, 0.1) is 11.4 Å². The van der Waals surface area contributed by atoms with Crippen LogP contribution in [0.25, 0.3) is 5.69 Å². The van der Waals surface area contributed by atoms with Crippen LogP contribution in [0.15, 0.2) is 59.5 Å². The van der Waals surface area contributed by atoms with Crippen molar-refractivity contribution >= 4 is 17.7 Å². The molecular weight excluding hydrogens is 361 g/mol. The van der Waals surface area contributed by atoms with E-state index < -0.39 is 0 Å². The van der Waals surface area contributed by atoms with E-state index in [9.17, 15) is 9.18 Å². The molecule has 0 aliphatic carbocycles. The molecule has 0 aliphatic heterocycles. The molecule has 0 saturated heterocycles. The van der Waals surface area contributed by atoms with E-state index in [-0.39, 0.29) is 11.7 Å². The summed E-state index contributed by atoms with van der Waals surface area (Å²) in [5.41, 5.74) is 3.99. The van der Waals surface area contributed by atoms with E-state index in [0.717, 1.165) is 27.5 Å². The number of para-hydroxylation sites is 1. The Hall–Kier alpha value is -2.60. The van der Waals surface area contributed by atoms with Gasteiger partial charge in [-0.3, -0.25) is 4.79 Å². The minimum Gasteiger partial charge on any atom is -0.352 e. The van der Waals surface area contributed by atoms with Crippen molar-refractivity contribution in [1.82, 2.24) is 15.1 Å². The van der Waals surface area contributed by atoms with E-state index in [4.69, 9.17) is 0 Å². The number of thioether (sulfide) groups is 1. The maximum Gasteiger partial charge on any atom is 0.221 e. The molecule has 0 spiro atoms. The van der Waals surface area contributed by atoms with Crippen LogP contribution in [0.2, 0.25) is 0 Å². The summed E-state index contributed by atoms with van der Waals surface area (Å²) in [6, 6.07) is 16.3. The van der Waals surface area contributed by atoms with Gasteiger partial charge in [0.15, 0.2) is 0 Å². The third kappa shape index (κ3) is 4.98. The third-order valence-electron chi connectivity index (χ3n) is 4.32. The second kappa shape index (κ2) is 8.86. The number of benzene rings is 2. The first-order chi connectivity index (χ1) is 13.0. The van der Waals surface area contributed by atoms with E-state index >= 15 is 0 Å². The molecule has 27 heavy (non-hydrogen) atoms. The predicted octanol–water partition coefficient (Wildman–Crippen LogP) is 4.43. The summed E-state index contributed by atoms with van der Waals surface area (Å²) < 4.78 is 14.8. The number of rotatable bonds is 7. The van der Waals surface area contributed by atoms with Crippen LogP contribution in [0.1, 0.15) is 23.4 Å². The average molecular weight is 383 g/mol. The van der Waals surface area contributed by atoms with E-state index in [0.29, 0.717) is 18.7 Å². The molecule has 1 N–H and O–H groups in total. The maximum absolute atomic E-state index is 12.9. The SMILES string of the molecule is Cc1nn(-c2ccccc2)c(C)c1CNC(=O)CCSc1ccc(F)cc1. The third-order valence-corrected chi connectivity index (χ3v) is 5.33. The monoisotopic (exact) mass is 383 g/mol. The largest absolute Gasteiger partial charge is 0.352 e. The molecule has 1 aromatic heterocycles. The highest BCUT2D eigenvalue weighted by Gasteiger charge is 2.13. The normalized spacial score (nSPS) is 10.8. The number of nitrogens with zero attached hydrogens (tertiary/aromatic N) is 2. The lowest BCUT2D eigenvalue weighted by Gasteiger charge is -2.07. The molecule has 0 atom stereocenters. The summed E-state index contributed by atoms with van der Waals surface area (Å²) in [7, 11) is 0. The van der Waals surface area contributed by atoms with Crippen LogP contribution in [-0.4, -0.2) is 21.4 Å². The van der Waals surface area contributed by atoms with Crippen LogP contribution in [0.5, 0.6) is 0 Å². The molecule has 0 bridgehead atoms. The van der Waals surface area contributed by atoms with Gasteiger partial charge in [0.25, 0.3) is 0 Å². The summed E-state index contributed by atoms with van der Waals surface area (Å²) in [4.78, 5) is 13.1. The number of hydrogen-bond acceptors (Lipinski definition) is 3. The van der Waals surface area contributed by atoms with Crippen molar-refractivity contribution in [3.63, 3.8) is 0 Å². The van der Waals surface area contributed by atoms with Crippen molar-refractivity contribution < 1.29 is 9.18 Å². The van der Waals surface area contributed by atoms with Gasteiger partial charge in [-0.05, 0) is 50.2 Å². The number of carbonyl (C=O) groups is 1. The lowest BCUT2D eigenvalue weighted by Crippen LogP contribution is -2.23. The number of nitrogens with one attached hydrogen (secondary N) is 1. The van der Waals surface area contributed by atoms with E-state index in [1.807, 2.05) is 48.9 Å². The minimum absolute atomic E-state index is 0.00382. The first-order valence-corrected chi connectivity index (χ1v) is 9.79. The topological polar surface area (TPSA) is 46.9 Å². The Morgan fingerprint density at radius 2 is 1.81 bits per heavy atom. The van der Waals surface area contributed by atoms with E-state index in [2.05, 4.69) is 10.4 Å². The Kier molecular flexibility index (Phi) is 6.29. The Labute approximate surface area is 162 Å². The van der Waals surface area contributed by atoms with Crippen molar-refractivity contribution in [2.45, 2.75) is 31.7 Å². The van der Waals surface area contributed by atoms with Gasteiger partial charge >= 0.3 is 0 Å². The summed E-state index contributed by atoms with van der Waals surface area (Å²) in [5.74, 6) is 0.397. The van der Waals surface area contributed by atoms with Gasteiger partial charge in [-0.25, -0.2) is 9.07 Å². The first-order valence-electron chi connectivity index (χ1n) is 8.80. The van der Waals surface area contributed by atoms with Crippen molar-refractivity contribution in [2.24, 2.45) is 0 Å². The molecule has 2 aromatic carbocycles. The van der Waals surface area contributed by atoms with Gasteiger partial charge in [0.2, 0.25) is 5.91 Å². The maximum atomic E-state index is 12.9. The van der Waals surface area contributed by atoms with Gasteiger partial charge in [0, 0.05) is 34.9 Å². The fourth-order valence-electron chi connectivity index (χ4n) is 2.82. The number of amides is 1. The van der Waals surface area contributed by atoms with Crippen molar-refractivity contribution in [3.05, 3.63) is 77.4 Å². The quantitative estimate of drug-likeness (QED) is 0.614. The molecule has 1 amide bonds. The summed E-state index contributed by atoms with van der Waals surface area (Å²) in [6.45, 7) is 4.43. The fraction of sp³-hybridized carbons (Fsp3) is 0.238.